The van der Waals surface area contributed by atoms with Crippen molar-refractivity contribution in [2.75, 3.05) is 0 Å². The molecule has 6 aromatic rings. The van der Waals surface area contributed by atoms with Gasteiger partial charge in [0.05, 0.1) is 19.2 Å². The maximum absolute atomic E-state index is 15.7. The van der Waals surface area contributed by atoms with Gasteiger partial charge in [0.25, 0.3) is 0 Å². The molecule has 0 radical (unpaired) electrons. The summed E-state index contributed by atoms with van der Waals surface area (Å²) in [7, 11) is 0.0900. The molecule has 0 saturated heterocycles. The van der Waals surface area contributed by atoms with Gasteiger partial charge in [0.1, 0.15) is 24.0 Å². The normalized spacial score (nSPS) is 15.5. The van der Waals surface area contributed by atoms with E-state index in [1.165, 1.54) is 22.9 Å². The van der Waals surface area contributed by atoms with Crippen LogP contribution in [0.2, 0.25) is 19.6 Å². The summed E-state index contributed by atoms with van der Waals surface area (Å²) >= 11 is 0. The first-order valence-corrected chi connectivity index (χ1v) is 17.3. The van der Waals surface area contributed by atoms with E-state index in [9.17, 15) is 0 Å². The predicted molar refractivity (Wildman–Crippen MR) is 173 cm³/mol. The first-order chi connectivity index (χ1) is 22.7. The third kappa shape index (κ3) is 4.76. The van der Waals surface area contributed by atoms with Crippen LogP contribution in [0.15, 0.2) is 89.5 Å². The Kier molecular flexibility index (Phi) is 5.09. The molecule has 42 heavy (non-hydrogen) atoms. The number of fused-ring (bicyclic) bond motifs is 3. The van der Waals surface area contributed by atoms with Gasteiger partial charge < -0.3 is 4.42 Å². The summed E-state index contributed by atoms with van der Waals surface area (Å²) in [6.45, 7) is 1.92. The largest absolute Gasteiger partial charge is 0.454 e. The van der Waals surface area contributed by atoms with Gasteiger partial charge in [-0.3, -0.25) is 0 Å². The molecule has 0 amide bonds. The molecule has 6 rings (SSSR count). The fraction of sp³-hybridized carbons (Fsp3) is 0.216. The summed E-state index contributed by atoms with van der Waals surface area (Å²) in [4.78, 5) is 0. The standard InChI is InChI=1S/C37H36F2NOSi/c1-22(2)30-20-33(40(4)21-32(30)39)34-23(3)8-17-28-29-18-19-31(38)35(37(29)41-36(28)34)26-11-9-24(10-12-26)25-13-15-27(16-14-25)42(5,6)7/h8-22H,1-7H3/q+1/i1D3,2D3,22D. The Morgan fingerprint density at radius 1 is 0.762 bits per heavy atom. The van der Waals surface area contributed by atoms with Crippen LogP contribution in [0.25, 0.3) is 55.4 Å². The average molecular weight is 584 g/mol. The number of rotatable bonds is 5. The van der Waals surface area contributed by atoms with Gasteiger partial charge >= 0.3 is 0 Å². The summed E-state index contributed by atoms with van der Waals surface area (Å²) in [6, 6.07) is 23.9. The lowest BCUT2D eigenvalue weighted by molar-refractivity contribution is -0.662. The highest BCUT2D eigenvalue weighted by atomic mass is 28.3. The minimum Gasteiger partial charge on any atom is -0.454 e. The van der Waals surface area contributed by atoms with Gasteiger partial charge in [-0.25, -0.2) is 8.78 Å². The Morgan fingerprint density at radius 3 is 1.95 bits per heavy atom. The van der Waals surface area contributed by atoms with Crippen molar-refractivity contribution in [3.8, 4) is 33.5 Å². The highest BCUT2D eigenvalue weighted by molar-refractivity contribution is 6.88. The fourth-order valence-corrected chi connectivity index (χ4v) is 6.78. The van der Waals surface area contributed by atoms with Crippen molar-refractivity contribution in [2.45, 2.75) is 46.2 Å². The van der Waals surface area contributed by atoms with Crippen LogP contribution in [-0.2, 0) is 7.05 Å². The lowest BCUT2D eigenvalue weighted by Crippen LogP contribution is -2.37. The van der Waals surface area contributed by atoms with Crippen molar-refractivity contribution < 1.29 is 27.4 Å². The topological polar surface area (TPSA) is 17.0 Å². The van der Waals surface area contributed by atoms with Gasteiger partial charge in [0.2, 0.25) is 11.9 Å². The van der Waals surface area contributed by atoms with Crippen LogP contribution in [0.4, 0.5) is 8.78 Å². The Bertz CT molecular complexity index is 2220. The molecule has 2 nitrogen and oxygen atoms in total. The quantitative estimate of drug-likeness (QED) is 0.146. The fourth-order valence-electron chi connectivity index (χ4n) is 5.61. The second-order valence-corrected chi connectivity index (χ2v) is 16.9. The van der Waals surface area contributed by atoms with E-state index in [2.05, 4.69) is 43.9 Å². The lowest BCUT2D eigenvalue weighted by Gasteiger charge is -2.16. The molecular weight excluding hydrogens is 540 g/mol. The molecule has 4 aromatic carbocycles. The number of benzene rings is 4. The smallest absolute Gasteiger partial charge is 0.216 e. The van der Waals surface area contributed by atoms with Crippen LogP contribution in [0.5, 0.6) is 0 Å². The zero-order valence-electron chi connectivity index (χ0n) is 31.2. The van der Waals surface area contributed by atoms with Crippen LogP contribution in [0, 0.1) is 18.6 Å². The maximum atomic E-state index is 15.7. The summed E-state index contributed by atoms with van der Waals surface area (Å²) in [5, 5.41) is 2.62. The summed E-state index contributed by atoms with van der Waals surface area (Å²) in [6.07, 6.45) is 0.970. The number of hydrogen-bond donors (Lipinski definition) is 0. The third-order valence-corrected chi connectivity index (χ3v) is 10.0. The van der Waals surface area contributed by atoms with Crippen molar-refractivity contribution >= 4 is 35.2 Å². The molecule has 0 saturated carbocycles. The number of aromatic nitrogens is 1. The molecule has 2 heterocycles. The average Bonchev–Trinajstić information content (AvgIpc) is 3.38. The summed E-state index contributed by atoms with van der Waals surface area (Å²) in [5.41, 5.74) is 4.06. The van der Waals surface area contributed by atoms with Crippen LogP contribution in [0.3, 0.4) is 0 Å². The Labute approximate surface area is 257 Å². The van der Waals surface area contributed by atoms with Gasteiger partial charge in [0, 0.05) is 32.0 Å². The number of aryl methyl sites for hydroxylation is 2. The molecule has 0 aliphatic heterocycles. The second-order valence-electron chi connectivity index (χ2n) is 11.8. The van der Waals surface area contributed by atoms with Gasteiger partial charge in [0.15, 0.2) is 5.82 Å². The Balaban J connectivity index is 1.53. The van der Waals surface area contributed by atoms with Crippen LogP contribution < -0.4 is 9.75 Å². The van der Waals surface area contributed by atoms with E-state index in [0.29, 0.717) is 38.6 Å². The van der Waals surface area contributed by atoms with Gasteiger partial charge in [-0.2, -0.15) is 4.57 Å². The maximum Gasteiger partial charge on any atom is 0.216 e. The van der Waals surface area contributed by atoms with E-state index < -0.39 is 44.9 Å². The molecule has 0 fully saturated rings. The minimum absolute atomic E-state index is 0.232. The van der Waals surface area contributed by atoms with Crippen LogP contribution in [-0.4, -0.2) is 8.07 Å². The molecule has 0 bridgehead atoms. The van der Waals surface area contributed by atoms with Gasteiger partial charge in [-0.05, 0) is 47.2 Å². The number of furan rings is 1. The molecule has 0 aliphatic rings. The molecule has 0 aliphatic carbocycles. The van der Waals surface area contributed by atoms with Crippen molar-refractivity contribution in [1.82, 2.24) is 0 Å². The summed E-state index contributed by atoms with van der Waals surface area (Å²) < 4.78 is 95.3. The van der Waals surface area contributed by atoms with E-state index in [4.69, 9.17) is 14.0 Å². The SMILES string of the molecule is [2H]C([2H])([2H])C([2H])(c1cc(-c2c(C)ccc3c2oc2c(-c4ccc(-c5ccc([Si](C)(C)C)cc5)cc4)c(F)ccc23)[n+](C)cc1F)C([2H])([2H])[2H]. The van der Waals surface area contributed by atoms with Crippen molar-refractivity contribution in [3.05, 3.63) is 108 Å². The third-order valence-electron chi connectivity index (χ3n) is 7.98. The minimum atomic E-state index is -3.38. The highest BCUT2D eigenvalue weighted by Crippen LogP contribution is 2.42. The van der Waals surface area contributed by atoms with E-state index in [-0.39, 0.29) is 11.3 Å². The Morgan fingerprint density at radius 2 is 1.33 bits per heavy atom. The molecule has 0 atom stereocenters. The van der Waals surface area contributed by atoms with E-state index in [0.717, 1.165) is 23.4 Å². The zero-order chi connectivity index (χ0) is 35.8. The summed E-state index contributed by atoms with van der Waals surface area (Å²) in [5.74, 6) is -4.87. The van der Waals surface area contributed by atoms with Gasteiger partial charge in [-0.15, -0.1) is 0 Å². The highest BCUT2D eigenvalue weighted by Gasteiger charge is 2.25. The molecule has 5 heteroatoms. The monoisotopic (exact) mass is 583 g/mol. The van der Waals surface area contributed by atoms with Crippen molar-refractivity contribution in [3.63, 3.8) is 0 Å². The molecule has 0 spiro atoms. The van der Waals surface area contributed by atoms with Crippen LogP contribution in [0.1, 0.15) is 40.3 Å². The lowest BCUT2D eigenvalue weighted by atomic mass is 9.96. The van der Waals surface area contributed by atoms with Crippen LogP contribution >= 0.6 is 0 Å². The van der Waals surface area contributed by atoms with E-state index in [1.54, 1.807) is 13.0 Å². The number of halogens is 2. The first-order valence-electron chi connectivity index (χ1n) is 17.3. The van der Waals surface area contributed by atoms with Gasteiger partial charge in [-0.1, -0.05) is 99.2 Å². The molecule has 0 N–H and O–H groups in total. The second kappa shape index (κ2) is 10.3. The molecular formula is C37H36F2NOSi+. The molecule has 0 unspecified atom stereocenters. The predicted octanol–water partition coefficient (Wildman–Crippen LogP) is 9.67. The number of hydrogen-bond acceptors (Lipinski definition) is 1. The Hall–Kier alpha value is -4.09. The van der Waals surface area contributed by atoms with E-state index in [1.807, 2.05) is 36.4 Å². The molecule has 212 valence electrons. The number of pyridine rings is 1. The first kappa shape index (κ1) is 20.7. The van der Waals surface area contributed by atoms with E-state index >= 15 is 8.78 Å². The zero-order valence-corrected chi connectivity index (χ0v) is 25.2. The molecule has 2 aromatic heterocycles. The van der Waals surface area contributed by atoms with Crippen molar-refractivity contribution in [1.29, 1.82) is 0 Å². The number of nitrogens with zero attached hydrogens (tertiary/aromatic N) is 1. The van der Waals surface area contributed by atoms with Crippen molar-refractivity contribution in [2.24, 2.45) is 7.05 Å².